The first-order chi connectivity index (χ1) is 13.0. The van der Waals surface area contributed by atoms with Gasteiger partial charge < -0.3 is 4.74 Å². The third kappa shape index (κ3) is 4.05. The fourth-order valence-corrected chi connectivity index (χ4v) is 3.29. The summed E-state index contributed by atoms with van der Waals surface area (Å²) < 4.78 is 5.95. The second-order valence-corrected chi connectivity index (χ2v) is 6.95. The Balaban J connectivity index is 1.94. The van der Waals surface area contributed by atoms with Gasteiger partial charge in [-0.05, 0) is 57.5 Å². The largest absolute Gasteiger partial charge is 0.489 e. The summed E-state index contributed by atoms with van der Waals surface area (Å²) in [6.07, 6.45) is 2.04. The van der Waals surface area contributed by atoms with Crippen LogP contribution in [0.2, 0.25) is 0 Å². The first-order valence-corrected chi connectivity index (χ1v) is 9.20. The van der Waals surface area contributed by atoms with Crippen molar-refractivity contribution in [3.05, 3.63) is 77.4 Å². The Hall–Kier alpha value is -3.01. The van der Waals surface area contributed by atoms with Gasteiger partial charge in [0.05, 0.1) is 11.7 Å². The summed E-state index contributed by atoms with van der Waals surface area (Å²) in [5, 5.41) is 1.91. The number of allylic oxidation sites excluding steroid dienone is 2. The van der Waals surface area contributed by atoms with Crippen molar-refractivity contribution in [3.63, 3.8) is 0 Å². The van der Waals surface area contributed by atoms with E-state index in [4.69, 9.17) is 4.74 Å². The Kier molecular flexibility index (Phi) is 5.65. The van der Waals surface area contributed by atoms with Crippen LogP contribution in [0, 0.1) is 0 Å². The molecule has 0 aromatic heterocycles. The summed E-state index contributed by atoms with van der Waals surface area (Å²) in [5.74, 6) is 0.723. The van der Waals surface area contributed by atoms with E-state index in [0.29, 0.717) is 6.61 Å². The Morgan fingerprint density at radius 2 is 1.74 bits per heavy atom. The van der Waals surface area contributed by atoms with E-state index in [1.165, 1.54) is 5.57 Å². The first kappa shape index (κ1) is 18.8. The quantitative estimate of drug-likeness (QED) is 0.617. The summed E-state index contributed by atoms with van der Waals surface area (Å²) >= 11 is 0. The van der Waals surface area contributed by atoms with Crippen molar-refractivity contribution in [1.29, 1.82) is 0 Å². The van der Waals surface area contributed by atoms with E-state index in [1.807, 2.05) is 93.4 Å². The van der Waals surface area contributed by atoms with Crippen LogP contribution >= 0.6 is 0 Å². The molecule has 2 aromatic rings. The van der Waals surface area contributed by atoms with Gasteiger partial charge in [0.2, 0.25) is 0 Å². The molecule has 1 N–H and O–H groups in total. The lowest BCUT2D eigenvalue weighted by atomic mass is 9.96. The monoisotopic (exact) mass is 362 g/mol. The van der Waals surface area contributed by atoms with Gasteiger partial charge in [0.15, 0.2) is 0 Å². The Morgan fingerprint density at radius 1 is 1.07 bits per heavy atom. The second kappa shape index (κ2) is 8.12. The van der Waals surface area contributed by atoms with Gasteiger partial charge in [0.1, 0.15) is 12.4 Å². The molecule has 2 aromatic carbocycles. The van der Waals surface area contributed by atoms with E-state index >= 15 is 0 Å². The molecule has 4 heteroatoms. The van der Waals surface area contributed by atoms with E-state index in [0.717, 1.165) is 28.1 Å². The molecule has 4 nitrogen and oxygen atoms in total. The number of para-hydroxylation sites is 2. The molecule has 0 saturated carbocycles. The Labute approximate surface area is 161 Å². The molecule has 1 fully saturated rings. The van der Waals surface area contributed by atoms with Crippen LogP contribution in [-0.2, 0) is 4.79 Å². The van der Waals surface area contributed by atoms with Gasteiger partial charge >= 0.3 is 0 Å². The summed E-state index contributed by atoms with van der Waals surface area (Å²) in [4.78, 5) is 12.7. The standard InChI is InChI=1S/C23H26N2O2/c1-16(2)14-15-27-21-13-9-8-12-20(21)17(3)22-18(4)25(24-23(22)26)19-10-6-5-7-11-19/h5-14,18H,15H2,1-4H3,(H,24,26)/b22-17+. The topological polar surface area (TPSA) is 41.6 Å². The number of carbonyl (C=O) groups excluding carboxylic acids is 1. The lowest BCUT2D eigenvalue weighted by Crippen LogP contribution is -2.37. The predicted molar refractivity (Wildman–Crippen MR) is 110 cm³/mol. The normalized spacial score (nSPS) is 18.1. The van der Waals surface area contributed by atoms with E-state index in [9.17, 15) is 4.79 Å². The molecule has 140 valence electrons. The van der Waals surface area contributed by atoms with Crippen LogP contribution in [0.25, 0.3) is 5.57 Å². The highest BCUT2D eigenvalue weighted by Gasteiger charge is 2.34. The maximum absolute atomic E-state index is 12.7. The molecule has 0 radical (unpaired) electrons. The third-order valence-electron chi connectivity index (χ3n) is 4.73. The van der Waals surface area contributed by atoms with Gasteiger partial charge in [-0.15, -0.1) is 0 Å². The lowest BCUT2D eigenvalue weighted by Gasteiger charge is -2.23. The summed E-state index contributed by atoms with van der Waals surface area (Å²) in [5.41, 5.74) is 7.81. The van der Waals surface area contributed by atoms with Crippen molar-refractivity contribution >= 4 is 17.2 Å². The second-order valence-electron chi connectivity index (χ2n) is 6.95. The van der Waals surface area contributed by atoms with Crippen LogP contribution in [-0.4, -0.2) is 18.6 Å². The molecule has 0 bridgehead atoms. The highest BCUT2D eigenvalue weighted by atomic mass is 16.5. The van der Waals surface area contributed by atoms with E-state index < -0.39 is 0 Å². The van der Waals surface area contributed by atoms with Crippen molar-refractivity contribution in [1.82, 2.24) is 5.43 Å². The van der Waals surface area contributed by atoms with Gasteiger partial charge in [-0.25, -0.2) is 0 Å². The zero-order chi connectivity index (χ0) is 19.4. The fourth-order valence-electron chi connectivity index (χ4n) is 3.29. The average molecular weight is 362 g/mol. The molecular formula is C23H26N2O2. The van der Waals surface area contributed by atoms with Crippen molar-refractivity contribution < 1.29 is 9.53 Å². The van der Waals surface area contributed by atoms with Crippen LogP contribution in [0.1, 0.15) is 33.3 Å². The van der Waals surface area contributed by atoms with E-state index in [2.05, 4.69) is 5.43 Å². The first-order valence-electron chi connectivity index (χ1n) is 9.20. The number of hydrogen-bond acceptors (Lipinski definition) is 3. The van der Waals surface area contributed by atoms with Crippen LogP contribution in [0.5, 0.6) is 5.75 Å². The summed E-state index contributed by atoms with van der Waals surface area (Å²) in [6.45, 7) is 8.63. The Morgan fingerprint density at radius 3 is 2.44 bits per heavy atom. The van der Waals surface area contributed by atoms with Crippen LogP contribution in [0.4, 0.5) is 5.69 Å². The molecule has 3 rings (SSSR count). The number of amides is 1. The molecule has 1 aliphatic heterocycles. The number of hydrogen-bond donors (Lipinski definition) is 1. The molecule has 1 aliphatic rings. The van der Waals surface area contributed by atoms with Gasteiger partial charge in [-0.2, -0.15) is 0 Å². The number of nitrogens with zero attached hydrogens (tertiary/aromatic N) is 1. The SMILES string of the molecule is CC(C)=CCOc1ccccc1/C(C)=C1/C(=O)NN(c2ccccc2)C1C. The number of benzene rings is 2. The minimum atomic E-state index is -0.0780. The van der Waals surface area contributed by atoms with Crippen molar-refractivity contribution in [2.45, 2.75) is 33.7 Å². The number of nitrogens with one attached hydrogen (secondary N) is 1. The predicted octanol–water partition coefficient (Wildman–Crippen LogP) is 4.75. The third-order valence-corrected chi connectivity index (χ3v) is 4.73. The van der Waals surface area contributed by atoms with Gasteiger partial charge in [0, 0.05) is 11.1 Å². The molecular weight excluding hydrogens is 336 g/mol. The highest BCUT2D eigenvalue weighted by Crippen LogP contribution is 2.33. The molecule has 1 unspecified atom stereocenters. The van der Waals surface area contributed by atoms with E-state index in [1.54, 1.807) is 0 Å². The van der Waals surface area contributed by atoms with Crippen LogP contribution in [0.3, 0.4) is 0 Å². The molecule has 0 aliphatic carbocycles. The average Bonchev–Trinajstić information content (AvgIpc) is 2.96. The molecule has 0 spiro atoms. The van der Waals surface area contributed by atoms with E-state index in [-0.39, 0.29) is 11.9 Å². The highest BCUT2D eigenvalue weighted by molar-refractivity contribution is 6.06. The molecule has 1 heterocycles. The summed E-state index contributed by atoms with van der Waals surface area (Å²) in [6, 6.07) is 17.7. The zero-order valence-corrected chi connectivity index (χ0v) is 16.3. The van der Waals surface area contributed by atoms with Crippen LogP contribution in [0.15, 0.2) is 71.8 Å². The number of anilines is 1. The number of hydrazine groups is 1. The number of ether oxygens (including phenoxy) is 1. The molecule has 1 saturated heterocycles. The summed E-state index contributed by atoms with van der Waals surface area (Å²) in [7, 11) is 0. The molecule has 27 heavy (non-hydrogen) atoms. The van der Waals surface area contributed by atoms with Crippen molar-refractivity contribution in [2.75, 3.05) is 11.6 Å². The Bertz CT molecular complexity index is 880. The smallest absolute Gasteiger partial charge is 0.268 e. The zero-order valence-electron chi connectivity index (χ0n) is 16.3. The van der Waals surface area contributed by atoms with Crippen molar-refractivity contribution in [3.8, 4) is 5.75 Å². The van der Waals surface area contributed by atoms with Crippen LogP contribution < -0.4 is 15.2 Å². The number of rotatable bonds is 5. The maximum Gasteiger partial charge on any atom is 0.268 e. The van der Waals surface area contributed by atoms with Gasteiger partial charge in [0.25, 0.3) is 5.91 Å². The van der Waals surface area contributed by atoms with Crippen molar-refractivity contribution in [2.24, 2.45) is 0 Å². The molecule has 1 amide bonds. The lowest BCUT2D eigenvalue weighted by molar-refractivity contribution is -0.116. The van der Waals surface area contributed by atoms with Gasteiger partial charge in [-0.1, -0.05) is 42.0 Å². The maximum atomic E-state index is 12.7. The fraction of sp³-hybridized carbons (Fsp3) is 0.261. The molecule has 1 atom stereocenters. The minimum absolute atomic E-state index is 0.0667. The van der Waals surface area contributed by atoms with Gasteiger partial charge in [-0.3, -0.25) is 15.2 Å². The number of carbonyl (C=O) groups is 1. The minimum Gasteiger partial charge on any atom is -0.489 e.